The number of nitrogens with zero attached hydrogens (tertiary/aromatic N) is 3. The Hall–Kier alpha value is -2.05. The number of rotatable bonds is 5. The van der Waals surface area contributed by atoms with Gasteiger partial charge in [0.15, 0.2) is 0 Å². The van der Waals surface area contributed by atoms with E-state index in [1.807, 2.05) is 0 Å². The van der Waals surface area contributed by atoms with Gasteiger partial charge in [-0.3, -0.25) is 0 Å². The number of benzene rings is 1. The molecule has 2 rings (SSSR count). The lowest BCUT2D eigenvalue weighted by atomic mass is 10.2. The average molecular weight is 327 g/mol. The number of oxime groups is 1. The first kappa shape index (κ1) is 15.3. The van der Waals surface area contributed by atoms with E-state index in [0.717, 1.165) is 5.56 Å². The number of ether oxygens (including phenoxy) is 1. The SMILES string of the molecule is CO/N=C/c1c(N)ncnc1OCc1ccc(Cl)cc1Cl. The lowest BCUT2D eigenvalue weighted by Crippen LogP contribution is -2.05. The molecule has 0 radical (unpaired) electrons. The lowest BCUT2D eigenvalue weighted by molar-refractivity contribution is 0.215. The summed E-state index contributed by atoms with van der Waals surface area (Å²) >= 11 is 11.9. The van der Waals surface area contributed by atoms with Crippen molar-refractivity contribution in [3.8, 4) is 5.88 Å². The average Bonchev–Trinajstić information content (AvgIpc) is 2.45. The van der Waals surface area contributed by atoms with Gasteiger partial charge in [-0.05, 0) is 12.1 Å². The van der Waals surface area contributed by atoms with Gasteiger partial charge in [0.05, 0.1) is 6.21 Å². The quantitative estimate of drug-likeness (QED) is 0.674. The van der Waals surface area contributed by atoms with Crippen molar-refractivity contribution in [2.45, 2.75) is 6.61 Å². The maximum atomic E-state index is 6.08. The minimum atomic E-state index is 0.209. The predicted molar refractivity (Wildman–Crippen MR) is 81.8 cm³/mol. The summed E-state index contributed by atoms with van der Waals surface area (Å²) in [7, 11) is 1.42. The largest absolute Gasteiger partial charge is 0.472 e. The highest BCUT2D eigenvalue weighted by atomic mass is 35.5. The third-order valence-electron chi connectivity index (χ3n) is 2.54. The number of nitrogen functional groups attached to an aromatic ring is 1. The molecule has 0 amide bonds. The van der Waals surface area contributed by atoms with Gasteiger partial charge in [0.2, 0.25) is 5.88 Å². The number of anilines is 1. The Morgan fingerprint density at radius 1 is 1.33 bits per heavy atom. The highest BCUT2D eigenvalue weighted by molar-refractivity contribution is 6.35. The fraction of sp³-hybridized carbons (Fsp3) is 0.154. The number of aromatic nitrogens is 2. The molecule has 0 fully saturated rings. The first-order valence-corrected chi connectivity index (χ1v) is 6.61. The minimum absolute atomic E-state index is 0.209. The second kappa shape index (κ2) is 7.10. The van der Waals surface area contributed by atoms with Crippen LogP contribution in [0.2, 0.25) is 10.0 Å². The molecule has 0 aliphatic carbocycles. The van der Waals surface area contributed by atoms with E-state index < -0.39 is 0 Å². The van der Waals surface area contributed by atoms with Crippen LogP contribution in [0.1, 0.15) is 11.1 Å². The standard InChI is InChI=1S/C13H12Cl2N4O2/c1-20-19-5-10-12(16)17-7-18-13(10)21-6-8-2-3-9(14)4-11(8)15/h2-5,7H,6H2,1H3,(H2,16,17,18)/b19-5+. The maximum absolute atomic E-state index is 6.08. The van der Waals surface area contributed by atoms with E-state index in [4.69, 9.17) is 33.7 Å². The van der Waals surface area contributed by atoms with Crippen LogP contribution in [0.25, 0.3) is 0 Å². The molecule has 0 saturated carbocycles. The second-order valence-corrected chi connectivity index (χ2v) is 4.76. The molecule has 110 valence electrons. The van der Waals surface area contributed by atoms with Crippen molar-refractivity contribution >= 4 is 35.2 Å². The number of halogens is 2. The molecule has 21 heavy (non-hydrogen) atoms. The molecular weight excluding hydrogens is 315 g/mol. The van der Waals surface area contributed by atoms with E-state index in [1.165, 1.54) is 19.7 Å². The van der Waals surface area contributed by atoms with E-state index in [9.17, 15) is 0 Å². The normalized spacial score (nSPS) is 10.8. The molecule has 1 aromatic carbocycles. The summed E-state index contributed by atoms with van der Waals surface area (Å²) in [5, 5.41) is 4.71. The van der Waals surface area contributed by atoms with Crippen LogP contribution in [0.3, 0.4) is 0 Å². The van der Waals surface area contributed by atoms with Crippen LogP contribution in [0.15, 0.2) is 29.7 Å². The van der Waals surface area contributed by atoms with Crippen LogP contribution < -0.4 is 10.5 Å². The van der Waals surface area contributed by atoms with Gasteiger partial charge >= 0.3 is 0 Å². The van der Waals surface area contributed by atoms with Crippen LogP contribution in [0, 0.1) is 0 Å². The van der Waals surface area contributed by atoms with Crippen molar-refractivity contribution in [2.24, 2.45) is 5.16 Å². The van der Waals surface area contributed by atoms with Crippen molar-refractivity contribution in [3.05, 3.63) is 45.7 Å². The summed E-state index contributed by atoms with van der Waals surface area (Å²) < 4.78 is 5.62. The fourth-order valence-corrected chi connectivity index (χ4v) is 1.98. The zero-order valence-corrected chi connectivity index (χ0v) is 12.6. The molecular formula is C13H12Cl2N4O2. The number of hydrogen-bond donors (Lipinski definition) is 1. The summed E-state index contributed by atoms with van der Waals surface area (Å²) in [6.45, 7) is 0.209. The van der Waals surface area contributed by atoms with Crippen LogP contribution in [-0.4, -0.2) is 23.3 Å². The summed E-state index contributed by atoms with van der Waals surface area (Å²) in [4.78, 5) is 12.5. The molecule has 0 spiro atoms. The van der Waals surface area contributed by atoms with Crippen molar-refractivity contribution in [1.82, 2.24) is 9.97 Å². The molecule has 2 aromatic rings. The summed E-state index contributed by atoms with van der Waals surface area (Å²) in [6, 6.07) is 5.15. The van der Waals surface area contributed by atoms with Gasteiger partial charge in [-0.1, -0.05) is 34.4 Å². The first-order valence-electron chi connectivity index (χ1n) is 5.85. The van der Waals surface area contributed by atoms with Crippen LogP contribution in [0.5, 0.6) is 5.88 Å². The van der Waals surface area contributed by atoms with E-state index >= 15 is 0 Å². The Labute approximate surface area is 131 Å². The zero-order valence-electron chi connectivity index (χ0n) is 11.1. The summed E-state index contributed by atoms with van der Waals surface area (Å²) in [6.07, 6.45) is 2.69. The molecule has 0 aliphatic rings. The van der Waals surface area contributed by atoms with Gasteiger partial charge in [0.1, 0.15) is 31.4 Å². The topological polar surface area (TPSA) is 82.6 Å². The van der Waals surface area contributed by atoms with E-state index in [0.29, 0.717) is 15.6 Å². The smallest absolute Gasteiger partial charge is 0.228 e. The molecule has 0 aliphatic heterocycles. The van der Waals surface area contributed by atoms with E-state index in [2.05, 4.69) is 20.0 Å². The predicted octanol–water partition coefficient (Wildman–Crippen LogP) is 2.92. The molecule has 1 aromatic heterocycles. The Kier molecular flexibility index (Phi) is 5.19. The Morgan fingerprint density at radius 3 is 2.86 bits per heavy atom. The van der Waals surface area contributed by atoms with Crippen LogP contribution in [-0.2, 0) is 11.4 Å². The van der Waals surface area contributed by atoms with Crippen molar-refractivity contribution < 1.29 is 9.57 Å². The number of hydrogen-bond acceptors (Lipinski definition) is 6. The van der Waals surface area contributed by atoms with Gasteiger partial charge in [-0.15, -0.1) is 0 Å². The third-order valence-corrected chi connectivity index (χ3v) is 3.13. The fourth-order valence-electron chi connectivity index (χ4n) is 1.52. The molecule has 8 heteroatoms. The van der Waals surface area contributed by atoms with Gasteiger partial charge < -0.3 is 15.3 Å². The molecule has 0 atom stereocenters. The van der Waals surface area contributed by atoms with Crippen molar-refractivity contribution in [1.29, 1.82) is 0 Å². The third kappa shape index (κ3) is 3.96. The molecule has 6 nitrogen and oxygen atoms in total. The van der Waals surface area contributed by atoms with E-state index in [1.54, 1.807) is 18.2 Å². The summed E-state index contributed by atoms with van der Waals surface area (Å²) in [5.74, 6) is 0.525. The maximum Gasteiger partial charge on any atom is 0.228 e. The Bertz CT molecular complexity index is 665. The number of nitrogens with two attached hydrogens (primary N) is 1. The van der Waals surface area contributed by atoms with Crippen LogP contribution >= 0.6 is 23.2 Å². The second-order valence-electron chi connectivity index (χ2n) is 3.92. The van der Waals surface area contributed by atoms with Crippen molar-refractivity contribution in [2.75, 3.05) is 12.8 Å². The van der Waals surface area contributed by atoms with E-state index in [-0.39, 0.29) is 18.3 Å². The molecule has 2 N–H and O–H groups in total. The Morgan fingerprint density at radius 2 is 2.14 bits per heavy atom. The van der Waals surface area contributed by atoms with Gasteiger partial charge in [0.25, 0.3) is 0 Å². The van der Waals surface area contributed by atoms with Crippen LogP contribution in [0.4, 0.5) is 5.82 Å². The molecule has 0 bridgehead atoms. The van der Waals surface area contributed by atoms with Gasteiger partial charge in [-0.25, -0.2) is 9.97 Å². The first-order chi connectivity index (χ1) is 10.1. The van der Waals surface area contributed by atoms with Crippen molar-refractivity contribution in [3.63, 3.8) is 0 Å². The molecule has 0 saturated heterocycles. The molecule has 0 unspecified atom stereocenters. The lowest BCUT2D eigenvalue weighted by Gasteiger charge is -2.10. The highest BCUT2D eigenvalue weighted by Gasteiger charge is 2.10. The summed E-state index contributed by atoms with van der Waals surface area (Å²) in [5.41, 5.74) is 6.97. The zero-order chi connectivity index (χ0) is 15.2. The highest BCUT2D eigenvalue weighted by Crippen LogP contribution is 2.24. The molecule has 1 heterocycles. The monoisotopic (exact) mass is 326 g/mol. The minimum Gasteiger partial charge on any atom is -0.472 e. The Balaban J connectivity index is 2.20. The van der Waals surface area contributed by atoms with Gasteiger partial charge in [-0.2, -0.15) is 0 Å². The van der Waals surface area contributed by atoms with Gasteiger partial charge in [0, 0.05) is 15.6 Å².